The van der Waals surface area contributed by atoms with E-state index in [-0.39, 0.29) is 0 Å². The third-order valence-corrected chi connectivity index (χ3v) is 1.96. The molecule has 0 saturated heterocycles. The van der Waals surface area contributed by atoms with Crippen LogP contribution in [0.5, 0.6) is 0 Å². The van der Waals surface area contributed by atoms with Crippen molar-refractivity contribution in [3.8, 4) is 0 Å². The molecule has 0 aromatic heterocycles. The second-order valence-electron chi connectivity index (χ2n) is 4.73. The Labute approximate surface area is 83.1 Å². The molecule has 2 nitrogen and oxygen atoms in total. The molecule has 0 aromatic carbocycles. The summed E-state index contributed by atoms with van der Waals surface area (Å²) in [6.45, 7) is 9.66. The molecule has 0 radical (unpaired) electrons. The second kappa shape index (κ2) is 7.34. The molecule has 0 saturated carbocycles. The minimum Gasteiger partial charge on any atom is -0.381 e. The van der Waals surface area contributed by atoms with Crippen molar-refractivity contribution >= 4 is 0 Å². The Hall–Kier alpha value is -0.0800. The van der Waals surface area contributed by atoms with Crippen molar-refractivity contribution < 1.29 is 4.74 Å². The Morgan fingerprint density at radius 1 is 1.08 bits per heavy atom. The fourth-order valence-corrected chi connectivity index (χ4v) is 0.986. The fraction of sp³-hybridized carbons (Fsp3) is 1.00. The van der Waals surface area contributed by atoms with Gasteiger partial charge < -0.3 is 10.1 Å². The zero-order valence-corrected chi connectivity index (χ0v) is 9.65. The summed E-state index contributed by atoms with van der Waals surface area (Å²) in [6, 6.07) is 0. The van der Waals surface area contributed by atoms with Crippen LogP contribution >= 0.6 is 0 Å². The smallest absolute Gasteiger partial charge is 0.0471 e. The lowest BCUT2D eigenvalue weighted by atomic mass is 9.93. The first-order chi connectivity index (χ1) is 6.06. The maximum atomic E-state index is 5.53. The number of hydrogen-bond donors (Lipinski definition) is 1. The molecule has 0 aliphatic rings. The Bertz CT molecular complexity index is 107. The van der Waals surface area contributed by atoms with Gasteiger partial charge in [0.25, 0.3) is 0 Å². The van der Waals surface area contributed by atoms with Crippen molar-refractivity contribution in [3.63, 3.8) is 0 Å². The number of ether oxygens (including phenoxy) is 1. The molecule has 0 bridgehead atoms. The molecule has 0 aliphatic heterocycles. The predicted molar refractivity (Wildman–Crippen MR) is 58.1 cm³/mol. The number of hydrogen-bond acceptors (Lipinski definition) is 2. The van der Waals surface area contributed by atoms with Gasteiger partial charge in [-0.25, -0.2) is 0 Å². The first kappa shape index (κ1) is 12.9. The zero-order valence-electron chi connectivity index (χ0n) is 9.65. The van der Waals surface area contributed by atoms with Crippen LogP contribution in [0.2, 0.25) is 0 Å². The van der Waals surface area contributed by atoms with Gasteiger partial charge in [0.15, 0.2) is 0 Å². The maximum Gasteiger partial charge on any atom is 0.0471 e. The van der Waals surface area contributed by atoms with Crippen molar-refractivity contribution in [2.24, 2.45) is 5.41 Å². The van der Waals surface area contributed by atoms with Crippen molar-refractivity contribution in [2.45, 2.75) is 40.0 Å². The summed E-state index contributed by atoms with van der Waals surface area (Å²) in [5.74, 6) is 0. The van der Waals surface area contributed by atoms with E-state index in [1.54, 1.807) is 0 Å². The maximum absolute atomic E-state index is 5.53. The zero-order chi connectivity index (χ0) is 10.2. The van der Waals surface area contributed by atoms with E-state index < -0.39 is 0 Å². The molecule has 0 aliphatic carbocycles. The van der Waals surface area contributed by atoms with Gasteiger partial charge in [0.2, 0.25) is 0 Å². The van der Waals surface area contributed by atoms with E-state index in [1.165, 1.54) is 12.8 Å². The van der Waals surface area contributed by atoms with Gasteiger partial charge in [0.05, 0.1) is 0 Å². The molecular weight excluding hydrogens is 162 g/mol. The van der Waals surface area contributed by atoms with Crippen molar-refractivity contribution in [1.29, 1.82) is 0 Å². The SMILES string of the molecule is CNCCCCOCCC(C)(C)C. The Morgan fingerprint density at radius 2 is 1.77 bits per heavy atom. The van der Waals surface area contributed by atoms with E-state index >= 15 is 0 Å². The molecule has 0 amide bonds. The van der Waals surface area contributed by atoms with Crippen LogP contribution in [-0.4, -0.2) is 26.8 Å². The van der Waals surface area contributed by atoms with Crippen LogP contribution in [0.25, 0.3) is 0 Å². The Morgan fingerprint density at radius 3 is 2.31 bits per heavy atom. The lowest BCUT2D eigenvalue weighted by molar-refractivity contribution is 0.105. The highest BCUT2D eigenvalue weighted by Gasteiger charge is 2.08. The number of rotatable bonds is 7. The van der Waals surface area contributed by atoms with E-state index in [2.05, 4.69) is 26.1 Å². The average Bonchev–Trinajstić information content (AvgIpc) is 2.01. The topological polar surface area (TPSA) is 21.3 Å². The molecular formula is C11H25NO. The molecule has 13 heavy (non-hydrogen) atoms. The van der Waals surface area contributed by atoms with E-state index in [1.807, 2.05) is 7.05 Å². The summed E-state index contributed by atoms with van der Waals surface area (Å²) in [4.78, 5) is 0. The summed E-state index contributed by atoms with van der Waals surface area (Å²) in [5, 5.41) is 3.13. The molecule has 80 valence electrons. The van der Waals surface area contributed by atoms with Gasteiger partial charge in [-0.3, -0.25) is 0 Å². The molecule has 1 N–H and O–H groups in total. The molecule has 0 rings (SSSR count). The fourth-order valence-electron chi connectivity index (χ4n) is 0.986. The summed E-state index contributed by atoms with van der Waals surface area (Å²) in [5.41, 5.74) is 0.408. The quantitative estimate of drug-likeness (QED) is 0.618. The van der Waals surface area contributed by atoms with Gasteiger partial charge in [0.1, 0.15) is 0 Å². The van der Waals surface area contributed by atoms with Crippen LogP contribution < -0.4 is 5.32 Å². The summed E-state index contributed by atoms with van der Waals surface area (Å²) in [6.07, 6.45) is 3.54. The van der Waals surface area contributed by atoms with E-state index in [0.29, 0.717) is 5.41 Å². The Balaban J connectivity index is 3.00. The average molecular weight is 187 g/mol. The molecule has 0 heterocycles. The molecule has 0 unspecified atom stereocenters. The van der Waals surface area contributed by atoms with Crippen LogP contribution in [0.3, 0.4) is 0 Å². The van der Waals surface area contributed by atoms with Gasteiger partial charge in [-0.2, -0.15) is 0 Å². The third-order valence-electron chi connectivity index (χ3n) is 1.96. The first-order valence-corrected chi connectivity index (χ1v) is 5.28. The third kappa shape index (κ3) is 11.9. The normalized spacial score (nSPS) is 12.0. The highest BCUT2D eigenvalue weighted by Crippen LogP contribution is 2.17. The minimum absolute atomic E-state index is 0.408. The number of nitrogens with one attached hydrogen (secondary N) is 1. The van der Waals surface area contributed by atoms with E-state index in [0.717, 1.165) is 26.2 Å². The van der Waals surface area contributed by atoms with Crippen LogP contribution in [0.4, 0.5) is 0 Å². The van der Waals surface area contributed by atoms with Gasteiger partial charge in [-0.05, 0) is 38.3 Å². The lowest BCUT2D eigenvalue weighted by Gasteiger charge is -2.17. The molecule has 0 fully saturated rings. The van der Waals surface area contributed by atoms with Gasteiger partial charge in [0, 0.05) is 13.2 Å². The van der Waals surface area contributed by atoms with Crippen molar-refractivity contribution in [1.82, 2.24) is 5.32 Å². The van der Waals surface area contributed by atoms with Gasteiger partial charge in [-0.15, -0.1) is 0 Å². The van der Waals surface area contributed by atoms with E-state index in [4.69, 9.17) is 4.74 Å². The monoisotopic (exact) mass is 187 g/mol. The lowest BCUT2D eigenvalue weighted by Crippen LogP contribution is -2.11. The first-order valence-electron chi connectivity index (χ1n) is 5.28. The van der Waals surface area contributed by atoms with Gasteiger partial charge in [-0.1, -0.05) is 20.8 Å². The summed E-state index contributed by atoms with van der Waals surface area (Å²) < 4.78 is 5.53. The molecule has 0 atom stereocenters. The van der Waals surface area contributed by atoms with Crippen LogP contribution in [0.15, 0.2) is 0 Å². The highest BCUT2D eigenvalue weighted by molar-refractivity contribution is 4.59. The van der Waals surface area contributed by atoms with Crippen molar-refractivity contribution in [3.05, 3.63) is 0 Å². The second-order valence-corrected chi connectivity index (χ2v) is 4.73. The van der Waals surface area contributed by atoms with E-state index in [9.17, 15) is 0 Å². The van der Waals surface area contributed by atoms with Crippen LogP contribution in [0, 0.1) is 5.41 Å². The van der Waals surface area contributed by atoms with Crippen molar-refractivity contribution in [2.75, 3.05) is 26.8 Å². The predicted octanol–water partition coefficient (Wildman–Crippen LogP) is 2.44. The van der Waals surface area contributed by atoms with Gasteiger partial charge >= 0.3 is 0 Å². The minimum atomic E-state index is 0.408. The summed E-state index contributed by atoms with van der Waals surface area (Å²) in [7, 11) is 1.99. The molecule has 0 spiro atoms. The van der Waals surface area contributed by atoms with Crippen LogP contribution in [0.1, 0.15) is 40.0 Å². The highest BCUT2D eigenvalue weighted by atomic mass is 16.5. The summed E-state index contributed by atoms with van der Waals surface area (Å²) >= 11 is 0. The largest absolute Gasteiger partial charge is 0.381 e. The Kier molecular flexibility index (Phi) is 7.29. The number of unbranched alkanes of at least 4 members (excludes halogenated alkanes) is 1. The molecule has 0 aromatic rings. The van der Waals surface area contributed by atoms with Crippen LogP contribution in [-0.2, 0) is 4.74 Å². The standard InChI is InChI=1S/C11H25NO/c1-11(2,3)7-10-13-9-6-5-8-12-4/h12H,5-10H2,1-4H3. The molecule has 2 heteroatoms.